The zero-order chi connectivity index (χ0) is 18.6. The Bertz CT molecular complexity index is 874. The van der Waals surface area contributed by atoms with Crippen molar-refractivity contribution in [3.8, 4) is 0 Å². The van der Waals surface area contributed by atoms with Gasteiger partial charge >= 0.3 is 0 Å². The Labute approximate surface area is 163 Å². The molecule has 2 rings (SSSR count). The van der Waals surface area contributed by atoms with Gasteiger partial charge < -0.3 is 5.32 Å². The lowest BCUT2D eigenvalue weighted by atomic mass is 10.1. The summed E-state index contributed by atoms with van der Waals surface area (Å²) in [6, 6.07) is 9.34. The van der Waals surface area contributed by atoms with E-state index in [9.17, 15) is 10.1 Å². The highest BCUT2D eigenvalue weighted by Gasteiger charge is 2.13. The second-order valence-electron chi connectivity index (χ2n) is 4.81. The molecule has 0 fully saturated rings. The summed E-state index contributed by atoms with van der Waals surface area (Å²) in [6.45, 7) is 1.68. The van der Waals surface area contributed by atoms with Gasteiger partial charge in [-0.2, -0.15) is 5.10 Å². The molecule has 25 heavy (non-hydrogen) atoms. The molecule has 0 unspecified atom stereocenters. The third-order valence-electron chi connectivity index (χ3n) is 3.07. The molecule has 0 atom stereocenters. The molecular formula is C15H11Cl3N4O2S. The van der Waals surface area contributed by atoms with E-state index in [1.54, 1.807) is 31.2 Å². The van der Waals surface area contributed by atoms with Crippen LogP contribution in [-0.2, 0) is 0 Å². The summed E-state index contributed by atoms with van der Waals surface area (Å²) in [5, 5.41) is 19.1. The van der Waals surface area contributed by atoms with Crippen molar-refractivity contribution in [2.24, 2.45) is 5.10 Å². The fourth-order valence-electron chi connectivity index (χ4n) is 1.82. The van der Waals surface area contributed by atoms with Gasteiger partial charge in [0.2, 0.25) is 0 Å². The van der Waals surface area contributed by atoms with E-state index in [4.69, 9.17) is 47.0 Å². The number of rotatable bonds is 4. The molecule has 10 heteroatoms. The summed E-state index contributed by atoms with van der Waals surface area (Å²) in [5.74, 6) is 0. The quantitative estimate of drug-likeness (QED) is 0.307. The Hall–Kier alpha value is -1.93. The number of nitro benzene ring substituents is 1. The van der Waals surface area contributed by atoms with E-state index in [2.05, 4.69) is 15.8 Å². The van der Waals surface area contributed by atoms with Gasteiger partial charge in [0.15, 0.2) is 5.11 Å². The van der Waals surface area contributed by atoms with Gasteiger partial charge in [0.1, 0.15) is 5.02 Å². The molecule has 0 saturated heterocycles. The van der Waals surface area contributed by atoms with Crippen LogP contribution in [-0.4, -0.2) is 15.7 Å². The van der Waals surface area contributed by atoms with Crippen LogP contribution >= 0.6 is 47.0 Å². The van der Waals surface area contributed by atoms with Crippen LogP contribution in [0.5, 0.6) is 0 Å². The zero-order valence-corrected chi connectivity index (χ0v) is 15.8. The Morgan fingerprint density at radius 1 is 1.16 bits per heavy atom. The summed E-state index contributed by atoms with van der Waals surface area (Å²) in [6.07, 6.45) is 0. The van der Waals surface area contributed by atoms with E-state index in [1.165, 1.54) is 12.1 Å². The highest BCUT2D eigenvalue weighted by molar-refractivity contribution is 7.80. The van der Waals surface area contributed by atoms with Crippen molar-refractivity contribution in [2.75, 3.05) is 5.32 Å². The van der Waals surface area contributed by atoms with E-state index in [0.717, 1.165) is 0 Å². The van der Waals surface area contributed by atoms with Crippen LogP contribution in [0.4, 0.5) is 11.4 Å². The van der Waals surface area contributed by atoms with Gasteiger partial charge in [-0.05, 0) is 43.4 Å². The minimum absolute atomic E-state index is 0.0593. The highest BCUT2D eigenvalue weighted by atomic mass is 35.5. The van der Waals surface area contributed by atoms with Crippen molar-refractivity contribution >= 4 is 69.2 Å². The van der Waals surface area contributed by atoms with Crippen LogP contribution in [0.25, 0.3) is 0 Å². The summed E-state index contributed by atoms with van der Waals surface area (Å²) in [4.78, 5) is 10.4. The Kier molecular flexibility index (Phi) is 6.55. The number of benzene rings is 2. The molecule has 2 aromatic carbocycles. The van der Waals surface area contributed by atoms with Gasteiger partial charge in [-0.25, -0.2) is 0 Å². The van der Waals surface area contributed by atoms with E-state index in [1.807, 2.05) is 0 Å². The molecule has 0 heterocycles. The lowest BCUT2D eigenvalue weighted by Gasteiger charge is -2.10. The lowest BCUT2D eigenvalue weighted by Crippen LogP contribution is -2.25. The fraction of sp³-hybridized carbons (Fsp3) is 0.0667. The second-order valence-corrected chi connectivity index (χ2v) is 6.47. The summed E-state index contributed by atoms with van der Waals surface area (Å²) >= 11 is 22.8. The average molecular weight is 418 g/mol. The molecule has 0 aromatic heterocycles. The number of hydrogen-bond acceptors (Lipinski definition) is 4. The highest BCUT2D eigenvalue weighted by Crippen LogP contribution is 2.26. The first-order chi connectivity index (χ1) is 11.8. The Balaban J connectivity index is 2.09. The standard InChI is InChI=1S/C15H11Cl3N4O2S/c1-8(9-2-4-11(17)14(6-9)22(23)24)20-21-15(25)19-13-5-3-10(16)7-12(13)18/h2-7H,1H3,(H2,19,21,25)/b20-8+. The van der Waals surface area contributed by atoms with Crippen molar-refractivity contribution in [2.45, 2.75) is 6.92 Å². The molecular weight excluding hydrogens is 407 g/mol. The zero-order valence-electron chi connectivity index (χ0n) is 12.7. The molecule has 2 aromatic rings. The lowest BCUT2D eigenvalue weighted by molar-refractivity contribution is -0.384. The third-order valence-corrected chi connectivity index (χ3v) is 4.13. The first kappa shape index (κ1) is 19.4. The number of anilines is 1. The van der Waals surface area contributed by atoms with Crippen LogP contribution in [0, 0.1) is 10.1 Å². The predicted octanol–water partition coefficient (Wildman–Crippen LogP) is 5.27. The first-order valence-electron chi connectivity index (χ1n) is 6.78. The van der Waals surface area contributed by atoms with E-state index in [0.29, 0.717) is 27.0 Å². The second kappa shape index (κ2) is 8.44. The van der Waals surface area contributed by atoms with Crippen molar-refractivity contribution in [3.63, 3.8) is 0 Å². The minimum Gasteiger partial charge on any atom is -0.330 e. The van der Waals surface area contributed by atoms with Gasteiger partial charge in [-0.1, -0.05) is 40.9 Å². The molecule has 0 spiro atoms. The maximum absolute atomic E-state index is 10.9. The van der Waals surface area contributed by atoms with Crippen molar-refractivity contribution in [1.82, 2.24) is 5.43 Å². The average Bonchev–Trinajstić information content (AvgIpc) is 2.55. The molecule has 0 radical (unpaired) electrons. The number of hydrogen-bond donors (Lipinski definition) is 2. The van der Waals surface area contributed by atoms with Crippen molar-refractivity contribution in [3.05, 3.63) is 67.1 Å². The van der Waals surface area contributed by atoms with Gasteiger partial charge in [-0.15, -0.1) is 0 Å². The molecule has 6 nitrogen and oxygen atoms in total. The van der Waals surface area contributed by atoms with Crippen LogP contribution in [0.1, 0.15) is 12.5 Å². The fourth-order valence-corrected chi connectivity index (χ4v) is 2.62. The number of hydrazone groups is 1. The Morgan fingerprint density at radius 2 is 1.88 bits per heavy atom. The molecule has 0 amide bonds. The van der Waals surface area contributed by atoms with Gasteiger partial charge in [0, 0.05) is 16.7 Å². The molecule has 0 aliphatic rings. The van der Waals surface area contributed by atoms with Crippen molar-refractivity contribution < 1.29 is 4.92 Å². The van der Waals surface area contributed by atoms with Crippen LogP contribution in [0.2, 0.25) is 15.1 Å². The van der Waals surface area contributed by atoms with Crippen LogP contribution in [0.3, 0.4) is 0 Å². The number of nitro groups is 1. The van der Waals surface area contributed by atoms with Gasteiger partial charge in [0.05, 0.1) is 21.3 Å². The molecule has 2 N–H and O–H groups in total. The largest absolute Gasteiger partial charge is 0.330 e. The van der Waals surface area contributed by atoms with Crippen LogP contribution in [0.15, 0.2) is 41.5 Å². The van der Waals surface area contributed by atoms with Gasteiger partial charge in [-0.3, -0.25) is 15.5 Å². The Morgan fingerprint density at radius 3 is 2.52 bits per heavy atom. The predicted molar refractivity (Wildman–Crippen MR) is 106 cm³/mol. The maximum Gasteiger partial charge on any atom is 0.288 e. The van der Waals surface area contributed by atoms with Crippen LogP contribution < -0.4 is 10.7 Å². The van der Waals surface area contributed by atoms with E-state index < -0.39 is 4.92 Å². The maximum atomic E-state index is 10.9. The SMILES string of the molecule is C/C(=N\NC(=S)Nc1ccc(Cl)cc1Cl)c1ccc(Cl)c([N+](=O)[O-])c1. The third kappa shape index (κ3) is 5.27. The molecule has 0 bridgehead atoms. The number of thiocarbonyl (C=S) groups is 1. The first-order valence-corrected chi connectivity index (χ1v) is 8.33. The summed E-state index contributed by atoms with van der Waals surface area (Å²) in [7, 11) is 0. The smallest absolute Gasteiger partial charge is 0.288 e. The van der Waals surface area contributed by atoms with Crippen molar-refractivity contribution in [1.29, 1.82) is 0 Å². The monoisotopic (exact) mass is 416 g/mol. The molecule has 0 aliphatic heterocycles. The number of nitrogens with one attached hydrogen (secondary N) is 2. The number of halogens is 3. The normalized spacial score (nSPS) is 11.1. The molecule has 130 valence electrons. The molecule has 0 saturated carbocycles. The summed E-state index contributed by atoms with van der Waals surface area (Å²) in [5.41, 5.74) is 4.05. The number of nitrogens with zero attached hydrogens (tertiary/aromatic N) is 2. The summed E-state index contributed by atoms with van der Waals surface area (Å²) < 4.78 is 0. The molecule has 0 aliphatic carbocycles. The minimum atomic E-state index is -0.554. The van der Waals surface area contributed by atoms with E-state index >= 15 is 0 Å². The van der Waals surface area contributed by atoms with E-state index in [-0.39, 0.29) is 15.8 Å². The van der Waals surface area contributed by atoms with Gasteiger partial charge in [0.25, 0.3) is 5.69 Å². The topological polar surface area (TPSA) is 79.6 Å².